The third-order valence-corrected chi connectivity index (χ3v) is 5.55. The maximum atomic E-state index is 14.2. The number of aryl methyl sites for hydroxylation is 1. The highest BCUT2D eigenvalue weighted by Crippen LogP contribution is 2.18. The molecule has 1 fully saturated rings. The smallest absolute Gasteiger partial charge is 0.310 e. The predicted molar refractivity (Wildman–Crippen MR) is 123 cm³/mol. The van der Waals surface area contributed by atoms with Gasteiger partial charge in [-0.1, -0.05) is 24.3 Å². The van der Waals surface area contributed by atoms with Gasteiger partial charge in [-0.25, -0.2) is 13.5 Å². The van der Waals surface area contributed by atoms with Gasteiger partial charge in [-0.15, -0.1) is 0 Å². The summed E-state index contributed by atoms with van der Waals surface area (Å²) in [6.45, 7) is 0.258. The fourth-order valence-electron chi connectivity index (χ4n) is 3.82. The third-order valence-electron chi connectivity index (χ3n) is 5.55. The molecule has 0 bridgehead atoms. The second-order valence-electron chi connectivity index (χ2n) is 8.52. The van der Waals surface area contributed by atoms with Crippen molar-refractivity contribution in [2.45, 2.75) is 18.8 Å². The van der Waals surface area contributed by atoms with Gasteiger partial charge in [-0.3, -0.25) is 19.2 Å². The first kappa shape index (κ1) is 24.7. The van der Waals surface area contributed by atoms with Gasteiger partial charge in [0.1, 0.15) is 11.4 Å². The van der Waals surface area contributed by atoms with Gasteiger partial charge in [0.2, 0.25) is 5.43 Å². The van der Waals surface area contributed by atoms with E-state index in [0.29, 0.717) is 37.6 Å². The Labute approximate surface area is 200 Å². The molecule has 11 heteroatoms. The summed E-state index contributed by atoms with van der Waals surface area (Å²) >= 11 is 0. The molecule has 1 aromatic carbocycles. The molecule has 0 radical (unpaired) electrons. The first-order chi connectivity index (χ1) is 16.8. The molecular formula is C24H27F2N5O4. The molecule has 2 aromatic heterocycles. The number of hydrogen-bond donors (Lipinski definition) is 0. The van der Waals surface area contributed by atoms with E-state index in [9.17, 15) is 18.4 Å². The first-order valence-corrected chi connectivity index (χ1v) is 11.3. The number of esters is 1. The highest BCUT2D eigenvalue weighted by atomic mass is 19.3. The minimum absolute atomic E-state index is 0.149. The number of aromatic nitrogens is 4. The molecule has 0 saturated carbocycles. The van der Waals surface area contributed by atoms with Gasteiger partial charge in [0.15, 0.2) is 6.61 Å². The lowest BCUT2D eigenvalue weighted by molar-refractivity contribution is -0.157. The number of carbonyl (C=O) groups is 1. The molecule has 9 nitrogen and oxygen atoms in total. The molecule has 1 aliphatic heterocycles. The van der Waals surface area contributed by atoms with Gasteiger partial charge in [0, 0.05) is 38.8 Å². The van der Waals surface area contributed by atoms with Crippen LogP contribution in [0.1, 0.15) is 16.8 Å². The van der Waals surface area contributed by atoms with E-state index in [2.05, 4.69) is 10.2 Å². The first-order valence-electron chi connectivity index (χ1n) is 11.3. The summed E-state index contributed by atoms with van der Waals surface area (Å²) in [4.78, 5) is 26.2. The molecule has 0 amide bonds. The minimum Gasteiger partial charge on any atom is -0.459 e. The SMILES string of the molecule is Cn1cc(-n2ccc(=O)c(Cc3cccc(CC(=O)OCC(F)(F)CN4CCOCC4)c3)n2)cn1. The summed E-state index contributed by atoms with van der Waals surface area (Å²) in [7, 11) is 1.79. The molecule has 186 valence electrons. The average Bonchev–Trinajstić information content (AvgIpc) is 3.26. The lowest BCUT2D eigenvalue weighted by Crippen LogP contribution is -2.45. The number of halogens is 2. The second-order valence-corrected chi connectivity index (χ2v) is 8.52. The van der Waals surface area contributed by atoms with E-state index in [4.69, 9.17) is 9.47 Å². The highest BCUT2D eigenvalue weighted by molar-refractivity contribution is 5.72. The van der Waals surface area contributed by atoms with E-state index in [1.807, 2.05) is 6.07 Å². The lowest BCUT2D eigenvalue weighted by Gasteiger charge is -2.29. The summed E-state index contributed by atoms with van der Waals surface area (Å²) in [6.07, 6.45) is 5.09. The third kappa shape index (κ3) is 7.03. The fourth-order valence-corrected chi connectivity index (χ4v) is 3.82. The monoisotopic (exact) mass is 487 g/mol. The zero-order valence-electron chi connectivity index (χ0n) is 19.4. The average molecular weight is 488 g/mol. The zero-order chi connectivity index (χ0) is 24.8. The summed E-state index contributed by atoms with van der Waals surface area (Å²) in [5.41, 5.74) is 2.21. The Morgan fingerprint density at radius 2 is 1.97 bits per heavy atom. The predicted octanol–water partition coefficient (Wildman–Crippen LogP) is 1.61. The number of rotatable bonds is 9. The Bertz CT molecular complexity index is 1220. The summed E-state index contributed by atoms with van der Waals surface area (Å²) in [5.74, 6) is -3.87. The Balaban J connectivity index is 1.35. The number of carbonyl (C=O) groups excluding carboxylic acids is 1. The maximum absolute atomic E-state index is 14.2. The highest BCUT2D eigenvalue weighted by Gasteiger charge is 2.34. The molecule has 35 heavy (non-hydrogen) atoms. The number of alkyl halides is 2. The van der Waals surface area contributed by atoms with E-state index in [0.717, 1.165) is 11.3 Å². The van der Waals surface area contributed by atoms with Crippen LogP contribution in [-0.4, -0.2) is 75.8 Å². The van der Waals surface area contributed by atoms with E-state index in [1.165, 1.54) is 6.07 Å². The number of hydrogen-bond acceptors (Lipinski definition) is 7. The van der Waals surface area contributed by atoms with Gasteiger partial charge in [0.25, 0.3) is 5.92 Å². The molecule has 0 unspecified atom stereocenters. The van der Waals surface area contributed by atoms with Crippen molar-refractivity contribution in [2.75, 3.05) is 39.5 Å². The van der Waals surface area contributed by atoms with Crippen LogP contribution in [-0.2, 0) is 34.2 Å². The number of ether oxygens (including phenoxy) is 2. The van der Waals surface area contributed by atoms with Crippen molar-refractivity contribution in [1.82, 2.24) is 24.5 Å². The Kier molecular flexibility index (Phi) is 7.67. The number of nitrogens with zero attached hydrogens (tertiary/aromatic N) is 5. The van der Waals surface area contributed by atoms with Gasteiger partial charge >= 0.3 is 5.97 Å². The van der Waals surface area contributed by atoms with Gasteiger partial charge in [0.05, 0.1) is 38.6 Å². The van der Waals surface area contributed by atoms with Crippen LogP contribution in [0, 0.1) is 0 Å². The van der Waals surface area contributed by atoms with E-state index >= 15 is 0 Å². The fraction of sp³-hybridized carbons (Fsp3) is 0.417. The normalized spacial score (nSPS) is 14.7. The molecule has 1 saturated heterocycles. The van der Waals surface area contributed by atoms with Crippen molar-refractivity contribution in [1.29, 1.82) is 0 Å². The van der Waals surface area contributed by atoms with Crippen LogP contribution in [0.3, 0.4) is 0 Å². The standard InChI is InChI=1S/C24H27F2N5O4/c1-29-15-20(14-27-29)31-6-5-22(32)21(28-31)12-18-3-2-4-19(11-18)13-23(33)35-17-24(25,26)16-30-7-9-34-10-8-30/h2-6,11,14-15H,7-10,12-13,16-17H2,1H3. The number of benzene rings is 1. The lowest BCUT2D eigenvalue weighted by atomic mass is 10.0. The zero-order valence-corrected chi connectivity index (χ0v) is 19.4. The molecule has 0 atom stereocenters. The summed E-state index contributed by atoms with van der Waals surface area (Å²) in [5, 5.41) is 8.52. The van der Waals surface area contributed by atoms with Crippen molar-refractivity contribution < 1.29 is 23.0 Å². The summed E-state index contributed by atoms with van der Waals surface area (Å²) in [6, 6.07) is 8.45. The Morgan fingerprint density at radius 1 is 1.20 bits per heavy atom. The van der Waals surface area contributed by atoms with Crippen LogP contribution in [0.25, 0.3) is 5.69 Å². The largest absolute Gasteiger partial charge is 0.459 e. The molecule has 0 spiro atoms. The van der Waals surface area contributed by atoms with Crippen LogP contribution in [0.15, 0.2) is 53.7 Å². The van der Waals surface area contributed by atoms with Crippen molar-refractivity contribution in [3.63, 3.8) is 0 Å². The van der Waals surface area contributed by atoms with Crippen LogP contribution in [0.5, 0.6) is 0 Å². The molecule has 0 aliphatic carbocycles. The molecule has 3 aromatic rings. The van der Waals surface area contributed by atoms with Crippen LogP contribution in [0.4, 0.5) is 8.78 Å². The van der Waals surface area contributed by atoms with E-state index in [-0.39, 0.29) is 18.3 Å². The molecule has 1 aliphatic rings. The Hall–Kier alpha value is -3.44. The quantitative estimate of drug-likeness (QED) is 0.424. The van der Waals surface area contributed by atoms with Crippen molar-refractivity contribution in [3.8, 4) is 5.69 Å². The molecular weight excluding hydrogens is 460 g/mol. The maximum Gasteiger partial charge on any atom is 0.310 e. The van der Waals surface area contributed by atoms with Gasteiger partial charge < -0.3 is 9.47 Å². The van der Waals surface area contributed by atoms with Crippen molar-refractivity contribution >= 4 is 5.97 Å². The Morgan fingerprint density at radius 3 is 2.71 bits per heavy atom. The van der Waals surface area contributed by atoms with Crippen molar-refractivity contribution in [2.24, 2.45) is 7.05 Å². The van der Waals surface area contributed by atoms with E-state index in [1.54, 1.807) is 58.1 Å². The minimum atomic E-state index is -3.14. The molecule has 0 N–H and O–H groups in total. The van der Waals surface area contributed by atoms with Crippen LogP contribution >= 0.6 is 0 Å². The van der Waals surface area contributed by atoms with Crippen molar-refractivity contribution in [3.05, 3.63) is 76.0 Å². The van der Waals surface area contributed by atoms with Crippen LogP contribution < -0.4 is 5.43 Å². The second kappa shape index (κ2) is 10.9. The van der Waals surface area contributed by atoms with Gasteiger partial charge in [-0.2, -0.15) is 10.2 Å². The van der Waals surface area contributed by atoms with E-state index < -0.39 is 25.0 Å². The van der Waals surface area contributed by atoms with Crippen LogP contribution in [0.2, 0.25) is 0 Å². The summed E-state index contributed by atoms with van der Waals surface area (Å²) < 4.78 is 41.7. The van der Waals surface area contributed by atoms with Gasteiger partial charge in [-0.05, 0) is 11.1 Å². The topological polar surface area (TPSA) is 91.5 Å². The number of morpholine rings is 1. The molecule has 3 heterocycles. The molecule has 4 rings (SSSR count).